The summed E-state index contributed by atoms with van der Waals surface area (Å²) >= 11 is 0. The summed E-state index contributed by atoms with van der Waals surface area (Å²) in [6, 6.07) is 3.44. The number of phenolic OH excluding ortho intramolecular Hbond substituents is 1. The normalized spacial score (nSPS) is 12.0. The van der Waals surface area contributed by atoms with Crippen molar-refractivity contribution in [1.82, 2.24) is 0 Å². The van der Waals surface area contributed by atoms with Gasteiger partial charge in [-0.05, 0) is 32.0 Å². The summed E-state index contributed by atoms with van der Waals surface area (Å²) in [7, 11) is -4.04. The van der Waals surface area contributed by atoms with Crippen molar-refractivity contribution in [3.05, 3.63) is 23.8 Å². The molecule has 1 aromatic carbocycles. The maximum Gasteiger partial charge on any atom is 0.338 e. The van der Waals surface area contributed by atoms with E-state index < -0.39 is 39.8 Å². The predicted molar refractivity (Wildman–Crippen MR) is 76.7 cm³/mol. The van der Waals surface area contributed by atoms with E-state index in [0.717, 1.165) is 12.1 Å². The molecule has 1 rings (SSSR count). The lowest BCUT2D eigenvalue weighted by Crippen LogP contribution is -2.22. The third kappa shape index (κ3) is 5.84. The zero-order valence-corrected chi connectivity index (χ0v) is 12.9. The lowest BCUT2D eigenvalue weighted by molar-refractivity contribution is 0.0189. The van der Waals surface area contributed by atoms with E-state index in [1.54, 1.807) is 6.92 Å². The van der Waals surface area contributed by atoms with Crippen molar-refractivity contribution in [2.24, 2.45) is 0 Å². The van der Waals surface area contributed by atoms with Crippen molar-refractivity contribution >= 4 is 21.7 Å². The van der Waals surface area contributed by atoms with Gasteiger partial charge in [-0.1, -0.05) is 0 Å². The van der Waals surface area contributed by atoms with Crippen LogP contribution >= 0.6 is 0 Å². The summed E-state index contributed by atoms with van der Waals surface area (Å²) in [5.74, 6) is -5.07. The summed E-state index contributed by atoms with van der Waals surface area (Å²) in [5.41, 5.74) is -0.158. The summed E-state index contributed by atoms with van der Waals surface area (Å²) in [4.78, 5) is 11.5. The van der Waals surface area contributed by atoms with Gasteiger partial charge in [-0.3, -0.25) is 4.72 Å². The number of alkyl halides is 2. The number of carbonyl (C=O) groups excluding carboxylic acids is 1. The minimum atomic E-state index is -4.04. The molecule has 0 spiro atoms. The first-order chi connectivity index (χ1) is 10.0. The predicted octanol–water partition coefficient (Wildman–Crippen LogP) is 2.36. The van der Waals surface area contributed by atoms with E-state index in [0.29, 0.717) is 6.92 Å². The minimum Gasteiger partial charge on any atom is -0.506 e. The van der Waals surface area contributed by atoms with Crippen LogP contribution in [0.25, 0.3) is 0 Å². The highest BCUT2D eigenvalue weighted by atomic mass is 32.2. The van der Waals surface area contributed by atoms with Crippen LogP contribution in [0.3, 0.4) is 0 Å². The molecule has 0 heterocycles. The standard InChI is InChI=1S/C13H17F2NO5S/c1-3-21-12(18)9-4-5-10(11(17)8-9)16-22(19,20)7-6-13(2,14)15/h4-5,8,16-17H,3,6-7H2,1-2H3. The second-order valence-corrected chi connectivity index (χ2v) is 6.54. The number of esters is 1. The Morgan fingerprint density at radius 1 is 1.41 bits per heavy atom. The lowest BCUT2D eigenvalue weighted by Gasteiger charge is -2.13. The molecule has 0 radical (unpaired) electrons. The smallest absolute Gasteiger partial charge is 0.338 e. The van der Waals surface area contributed by atoms with Crippen molar-refractivity contribution in [1.29, 1.82) is 0 Å². The number of rotatable bonds is 7. The highest BCUT2D eigenvalue weighted by Crippen LogP contribution is 2.26. The average molecular weight is 337 g/mol. The number of hydrogen-bond donors (Lipinski definition) is 2. The molecule has 6 nitrogen and oxygen atoms in total. The number of benzene rings is 1. The van der Waals surface area contributed by atoms with E-state index in [4.69, 9.17) is 4.74 Å². The molecule has 2 N–H and O–H groups in total. The van der Waals surface area contributed by atoms with E-state index in [1.165, 1.54) is 6.07 Å². The largest absolute Gasteiger partial charge is 0.506 e. The van der Waals surface area contributed by atoms with Gasteiger partial charge in [0.2, 0.25) is 15.9 Å². The summed E-state index contributed by atoms with van der Waals surface area (Å²) < 4.78 is 55.5. The Bertz CT molecular complexity index is 640. The molecule has 0 unspecified atom stereocenters. The maximum atomic E-state index is 12.7. The van der Waals surface area contributed by atoms with Gasteiger partial charge < -0.3 is 9.84 Å². The number of anilines is 1. The molecule has 0 aromatic heterocycles. The minimum absolute atomic E-state index is 0.0439. The highest BCUT2D eigenvalue weighted by Gasteiger charge is 2.25. The number of ether oxygens (including phenoxy) is 1. The first kappa shape index (κ1) is 18.1. The molecule has 0 aliphatic heterocycles. The van der Waals surface area contributed by atoms with Crippen LogP contribution in [0.5, 0.6) is 5.75 Å². The molecule has 0 amide bonds. The average Bonchev–Trinajstić information content (AvgIpc) is 2.38. The quantitative estimate of drug-likeness (QED) is 0.588. The van der Waals surface area contributed by atoms with Gasteiger partial charge >= 0.3 is 5.97 Å². The van der Waals surface area contributed by atoms with E-state index in [2.05, 4.69) is 0 Å². The topological polar surface area (TPSA) is 92.7 Å². The van der Waals surface area contributed by atoms with Gasteiger partial charge in [0.05, 0.1) is 23.6 Å². The summed E-state index contributed by atoms with van der Waals surface area (Å²) in [6.45, 7) is 2.39. The van der Waals surface area contributed by atoms with Crippen LogP contribution in [0.4, 0.5) is 14.5 Å². The van der Waals surface area contributed by atoms with Crippen LogP contribution in [0.15, 0.2) is 18.2 Å². The monoisotopic (exact) mass is 337 g/mol. The van der Waals surface area contributed by atoms with Crippen molar-refractivity contribution in [3.63, 3.8) is 0 Å². The summed E-state index contributed by atoms with van der Waals surface area (Å²) in [6.07, 6.45) is -0.843. The van der Waals surface area contributed by atoms with E-state index in [1.807, 2.05) is 4.72 Å². The zero-order valence-electron chi connectivity index (χ0n) is 12.1. The number of aromatic hydroxyl groups is 1. The molecule has 0 bridgehead atoms. The van der Waals surface area contributed by atoms with Crippen molar-refractivity contribution in [2.45, 2.75) is 26.2 Å². The first-order valence-electron chi connectivity index (χ1n) is 6.42. The Hall–Kier alpha value is -1.90. The molecular formula is C13H17F2NO5S. The van der Waals surface area contributed by atoms with E-state index in [-0.39, 0.29) is 17.9 Å². The van der Waals surface area contributed by atoms with Gasteiger partial charge in [0.1, 0.15) is 5.75 Å². The molecule has 0 fully saturated rings. The van der Waals surface area contributed by atoms with Gasteiger partial charge in [0.15, 0.2) is 0 Å². The number of carbonyl (C=O) groups is 1. The fourth-order valence-corrected chi connectivity index (χ4v) is 2.73. The van der Waals surface area contributed by atoms with Crippen LogP contribution in [-0.2, 0) is 14.8 Å². The third-order valence-electron chi connectivity index (χ3n) is 2.58. The van der Waals surface area contributed by atoms with E-state index >= 15 is 0 Å². The second kappa shape index (κ2) is 6.91. The molecule has 124 valence electrons. The molecular weight excluding hydrogens is 320 g/mol. The van der Waals surface area contributed by atoms with Gasteiger partial charge in [-0.25, -0.2) is 22.0 Å². The number of phenols is 1. The van der Waals surface area contributed by atoms with Crippen LogP contribution in [0.2, 0.25) is 0 Å². The van der Waals surface area contributed by atoms with Crippen LogP contribution in [-0.4, -0.2) is 37.8 Å². The van der Waals surface area contributed by atoms with Crippen LogP contribution in [0, 0.1) is 0 Å². The highest BCUT2D eigenvalue weighted by molar-refractivity contribution is 7.92. The second-order valence-electron chi connectivity index (χ2n) is 4.69. The Morgan fingerprint density at radius 2 is 2.05 bits per heavy atom. The Labute approximate surface area is 127 Å². The molecule has 0 saturated heterocycles. The fourth-order valence-electron chi connectivity index (χ4n) is 1.49. The molecule has 0 saturated carbocycles. The molecule has 0 aliphatic rings. The lowest BCUT2D eigenvalue weighted by atomic mass is 10.2. The van der Waals surface area contributed by atoms with Crippen molar-refractivity contribution < 1.29 is 31.8 Å². The Balaban J connectivity index is 2.84. The number of sulfonamides is 1. The molecule has 22 heavy (non-hydrogen) atoms. The zero-order chi connectivity index (χ0) is 17.0. The van der Waals surface area contributed by atoms with E-state index in [9.17, 15) is 27.1 Å². The van der Waals surface area contributed by atoms with Gasteiger partial charge in [-0.15, -0.1) is 0 Å². The first-order valence-corrected chi connectivity index (χ1v) is 8.08. The molecule has 9 heteroatoms. The van der Waals surface area contributed by atoms with Crippen LogP contribution in [0.1, 0.15) is 30.6 Å². The van der Waals surface area contributed by atoms with Crippen molar-refractivity contribution in [2.75, 3.05) is 17.1 Å². The maximum absolute atomic E-state index is 12.7. The van der Waals surface area contributed by atoms with Crippen LogP contribution < -0.4 is 4.72 Å². The van der Waals surface area contributed by atoms with Crippen molar-refractivity contribution in [3.8, 4) is 5.75 Å². The van der Waals surface area contributed by atoms with Gasteiger partial charge in [0, 0.05) is 6.42 Å². The molecule has 0 atom stereocenters. The molecule has 0 aliphatic carbocycles. The third-order valence-corrected chi connectivity index (χ3v) is 3.86. The number of nitrogens with one attached hydrogen (secondary N) is 1. The fraction of sp³-hybridized carbons (Fsp3) is 0.462. The van der Waals surface area contributed by atoms with Gasteiger partial charge in [-0.2, -0.15) is 0 Å². The van der Waals surface area contributed by atoms with Gasteiger partial charge in [0.25, 0.3) is 0 Å². The summed E-state index contributed by atoms with van der Waals surface area (Å²) in [5, 5.41) is 9.72. The Morgan fingerprint density at radius 3 is 2.55 bits per heavy atom. The number of halogens is 2. The Kier molecular flexibility index (Phi) is 5.70. The SMILES string of the molecule is CCOC(=O)c1ccc(NS(=O)(=O)CCC(C)(F)F)c(O)c1. The molecule has 1 aromatic rings. The number of hydrogen-bond acceptors (Lipinski definition) is 5.